The standard InChI is InChI=1S/C18H21N3O3/c1-12-15(18(22)23)10-13-5-8-21(9-6-16(13)20-12)11-14-4-3-7-19-17(14)24-2/h3-4,7,10H,5-6,8-9,11H2,1-2H3,(H,22,23). The lowest BCUT2D eigenvalue weighted by Crippen LogP contribution is -2.26. The summed E-state index contributed by atoms with van der Waals surface area (Å²) in [5, 5.41) is 9.27. The van der Waals surface area contributed by atoms with Gasteiger partial charge < -0.3 is 9.84 Å². The lowest BCUT2D eigenvalue weighted by atomic mass is 10.0. The lowest BCUT2D eigenvalue weighted by molar-refractivity contribution is 0.0695. The van der Waals surface area contributed by atoms with Gasteiger partial charge in [-0.25, -0.2) is 9.78 Å². The maximum absolute atomic E-state index is 11.3. The molecule has 0 spiro atoms. The molecule has 126 valence electrons. The number of pyridine rings is 2. The molecular formula is C18H21N3O3. The monoisotopic (exact) mass is 327 g/mol. The van der Waals surface area contributed by atoms with Gasteiger partial charge in [0.25, 0.3) is 0 Å². The molecule has 2 aromatic heterocycles. The Balaban J connectivity index is 1.77. The Morgan fingerprint density at radius 3 is 2.92 bits per heavy atom. The van der Waals surface area contributed by atoms with Gasteiger partial charge in [-0.2, -0.15) is 0 Å². The summed E-state index contributed by atoms with van der Waals surface area (Å²) in [4.78, 5) is 22.4. The van der Waals surface area contributed by atoms with Crippen LogP contribution in [0.1, 0.15) is 32.9 Å². The molecular weight excluding hydrogens is 306 g/mol. The van der Waals surface area contributed by atoms with Crippen LogP contribution in [0.5, 0.6) is 5.88 Å². The van der Waals surface area contributed by atoms with Crippen molar-refractivity contribution in [3.05, 3.63) is 52.5 Å². The number of ether oxygens (including phenoxy) is 1. The van der Waals surface area contributed by atoms with Gasteiger partial charge in [0.1, 0.15) is 0 Å². The van der Waals surface area contributed by atoms with Crippen LogP contribution in [-0.4, -0.2) is 46.1 Å². The van der Waals surface area contributed by atoms with E-state index in [-0.39, 0.29) is 0 Å². The van der Waals surface area contributed by atoms with Crippen LogP contribution in [-0.2, 0) is 19.4 Å². The number of carboxylic acid groups (broad SMARTS) is 1. The smallest absolute Gasteiger partial charge is 0.337 e. The van der Waals surface area contributed by atoms with E-state index < -0.39 is 5.97 Å². The van der Waals surface area contributed by atoms with Gasteiger partial charge in [-0.15, -0.1) is 0 Å². The molecule has 0 fully saturated rings. The fraction of sp³-hybridized carbons (Fsp3) is 0.389. The fourth-order valence-electron chi connectivity index (χ4n) is 3.13. The number of aryl methyl sites for hydroxylation is 1. The summed E-state index contributed by atoms with van der Waals surface area (Å²) < 4.78 is 5.32. The highest BCUT2D eigenvalue weighted by Crippen LogP contribution is 2.21. The molecule has 0 unspecified atom stereocenters. The van der Waals surface area contributed by atoms with Crippen LogP contribution in [0.2, 0.25) is 0 Å². The molecule has 0 saturated carbocycles. The normalized spacial score (nSPS) is 14.8. The van der Waals surface area contributed by atoms with Crippen molar-refractivity contribution < 1.29 is 14.6 Å². The predicted molar refractivity (Wildman–Crippen MR) is 89.4 cm³/mol. The second-order valence-corrected chi connectivity index (χ2v) is 5.98. The SMILES string of the molecule is COc1ncccc1CN1CCc2cc(C(=O)O)c(C)nc2CC1. The predicted octanol–water partition coefficient (Wildman–Crippen LogP) is 2.09. The van der Waals surface area contributed by atoms with Crippen molar-refractivity contribution in [1.29, 1.82) is 0 Å². The molecule has 1 aliphatic heterocycles. The molecule has 0 radical (unpaired) electrons. The van der Waals surface area contributed by atoms with Gasteiger partial charge in [-0.1, -0.05) is 6.07 Å². The largest absolute Gasteiger partial charge is 0.481 e. The van der Waals surface area contributed by atoms with E-state index in [4.69, 9.17) is 4.74 Å². The number of aromatic carboxylic acids is 1. The zero-order valence-electron chi connectivity index (χ0n) is 14.0. The minimum atomic E-state index is -0.913. The van der Waals surface area contributed by atoms with Gasteiger partial charge in [0, 0.05) is 43.5 Å². The minimum absolute atomic E-state index is 0.302. The third-order valence-electron chi connectivity index (χ3n) is 4.41. The molecule has 0 amide bonds. The van der Waals surface area contributed by atoms with Crippen molar-refractivity contribution in [3.63, 3.8) is 0 Å². The van der Waals surface area contributed by atoms with Crippen molar-refractivity contribution in [2.24, 2.45) is 0 Å². The van der Waals surface area contributed by atoms with Crippen molar-refractivity contribution in [2.45, 2.75) is 26.3 Å². The van der Waals surface area contributed by atoms with E-state index >= 15 is 0 Å². The van der Waals surface area contributed by atoms with Crippen molar-refractivity contribution in [2.75, 3.05) is 20.2 Å². The van der Waals surface area contributed by atoms with Crippen LogP contribution in [0.15, 0.2) is 24.4 Å². The van der Waals surface area contributed by atoms with E-state index in [2.05, 4.69) is 14.9 Å². The molecule has 3 heterocycles. The Bertz CT molecular complexity index is 761. The molecule has 1 aliphatic rings. The molecule has 6 nitrogen and oxygen atoms in total. The number of carboxylic acids is 1. The summed E-state index contributed by atoms with van der Waals surface area (Å²) in [6.45, 7) is 4.25. The topological polar surface area (TPSA) is 75.5 Å². The number of rotatable bonds is 4. The first kappa shape index (κ1) is 16.4. The van der Waals surface area contributed by atoms with Crippen LogP contribution in [0.3, 0.4) is 0 Å². The maximum Gasteiger partial charge on any atom is 0.337 e. The molecule has 0 aliphatic carbocycles. The zero-order valence-corrected chi connectivity index (χ0v) is 14.0. The van der Waals surface area contributed by atoms with Gasteiger partial charge in [0.2, 0.25) is 5.88 Å². The van der Waals surface area contributed by atoms with Crippen LogP contribution in [0.25, 0.3) is 0 Å². The summed E-state index contributed by atoms with van der Waals surface area (Å²) in [6.07, 6.45) is 3.34. The quantitative estimate of drug-likeness (QED) is 0.927. The molecule has 24 heavy (non-hydrogen) atoms. The van der Waals surface area contributed by atoms with Gasteiger partial charge in [-0.05, 0) is 31.0 Å². The number of carbonyl (C=O) groups is 1. The Morgan fingerprint density at radius 2 is 2.17 bits per heavy atom. The Labute approximate surface area is 141 Å². The van der Waals surface area contributed by atoms with Crippen molar-refractivity contribution in [1.82, 2.24) is 14.9 Å². The van der Waals surface area contributed by atoms with E-state index in [9.17, 15) is 9.90 Å². The summed E-state index contributed by atoms with van der Waals surface area (Å²) in [5.74, 6) is -0.259. The highest BCUT2D eigenvalue weighted by molar-refractivity contribution is 5.89. The van der Waals surface area contributed by atoms with Crippen LogP contribution in [0.4, 0.5) is 0 Å². The number of methoxy groups -OCH3 is 1. The first-order valence-electron chi connectivity index (χ1n) is 8.01. The summed E-state index contributed by atoms with van der Waals surface area (Å²) >= 11 is 0. The number of hydrogen-bond acceptors (Lipinski definition) is 5. The van der Waals surface area contributed by atoms with E-state index in [0.29, 0.717) is 17.1 Å². The third-order valence-corrected chi connectivity index (χ3v) is 4.41. The summed E-state index contributed by atoms with van der Waals surface area (Å²) in [5.41, 5.74) is 4.00. The second kappa shape index (κ2) is 6.97. The second-order valence-electron chi connectivity index (χ2n) is 5.98. The molecule has 3 rings (SSSR count). The molecule has 2 aromatic rings. The zero-order chi connectivity index (χ0) is 17.1. The summed E-state index contributed by atoms with van der Waals surface area (Å²) in [6, 6.07) is 5.72. The van der Waals surface area contributed by atoms with E-state index in [0.717, 1.165) is 49.3 Å². The average molecular weight is 327 g/mol. The molecule has 0 bridgehead atoms. The maximum atomic E-state index is 11.3. The number of aromatic nitrogens is 2. The van der Waals surface area contributed by atoms with E-state index in [1.807, 2.05) is 12.1 Å². The fourth-order valence-corrected chi connectivity index (χ4v) is 3.13. The Kier molecular flexibility index (Phi) is 4.76. The van der Waals surface area contributed by atoms with Gasteiger partial charge in [0.05, 0.1) is 18.4 Å². The molecule has 6 heteroatoms. The molecule has 0 saturated heterocycles. The first-order chi connectivity index (χ1) is 11.6. The molecule has 0 atom stereocenters. The number of fused-ring (bicyclic) bond motifs is 1. The third kappa shape index (κ3) is 3.38. The molecule has 1 N–H and O–H groups in total. The first-order valence-corrected chi connectivity index (χ1v) is 8.01. The van der Waals surface area contributed by atoms with Crippen LogP contribution in [0, 0.1) is 6.92 Å². The van der Waals surface area contributed by atoms with Crippen LogP contribution < -0.4 is 4.74 Å². The van der Waals surface area contributed by atoms with Gasteiger partial charge >= 0.3 is 5.97 Å². The van der Waals surface area contributed by atoms with E-state index in [1.54, 1.807) is 26.3 Å². The molecule has 0 aromatic carbocycles. The average Bonchev–Trinajstić information content (AvgIpc) is 2.76. The lowest BCUT2D eigenvalue weighted by Gasteiger charge is -2.20. The van der Waals surface area contributed by atoms with Crippen molar-refractivity contribution >= 4 is 5.97 Å². The summed E-state index contributed by atoms with van der Waals surface area (Å²) in [7, 11) is 1.63. The van der Waals surface area contributed by atoms with Crippen LogP contribution >= 0.6 is 0 Å². The Morgan fingerprint density at radius 1 is 1.38 bits per heavy atom. The number of hydrogen-bond donors (Lipinski definition) is 1. The highest BCUT2D eigenvalue weighted by atomic mass is 16.5. The Hall–Kier alpha value is -2.47. The van der Waals surface area contributed by atoms with Crippen molar-refractivity contribution in [3.8, 4) is 5.88 Å². The number of nitrogens with zero attached hydrogens (tertiary/aromatic N) is 3. The minimum Gasteiger partial charge on any atom is -0.481 e. The van der Waals surface area contributed by atoms with Gasteiger partial charge in [0.15, 0.2) is 0 Å². The highest BCUT2D eigenvalue weighted by Gasteiger charge is 2.19. The van der Waals surface area contributed by atoms with Gasteiger partial charge in [-0.3, -0.25) is 9.88 Å². The van der Waals surface area contributed by atoms with E-state index in [1.165, 1.54) is 0 Å².